The molecular weight excluding hydrogens is 342 g/mol. The number of nitrogens with zero attached hydrogens (tertiary/aromatic N) is 2. The standard InChI is InChI=1S/C19H23N5O.2H3N/c20-19-12-17(21-7-3-13-5-9-25-10-6-13)15-2-1-14(11-18(15)23-19)16-4-8-22-24-16;;/h1-2,4,8,11-13H,3,5-7,9-10H2,(H,22,24)(H3,20,21,23);2*1H3. The average Bonchev–Trinajstić information content (AvgIpc) is 3.16. The number of aromatic nitrogens is 3. The minimum Gasteiger partial charge on any atom is -0.384 e. The molecule has 8 heteroatoms. The maximum Gasteiger partial charge on any atom is 0.126 e. The number of pyridine rings is 1. The first-order chi connectivity index (χ1) is 12.3. The summed E-state index contributed by atoms with van der Waals surface area (Å²) in [7, 11) is 0. The van der Waals surface area contributed by atoms with E-state index in [9.17, 15) is 0 Å². The van der Waals surface area contributed by atoms with Crippen molar-refractivity contribution in [2.75, 3.05) is 30.8 Å². The molecule has 1 aromatic carbocycles. The van der Waals surface area contributed by atoms with E-state index in [1.807, 2.05) is 24.4 Å². The van der Waals surface area contributed by atoms with Gasteiger partial charge < -0.3 is 28.1 Å². The van der Waals surface area contributed by atoms with Crippen molar-refractivity contribution in [2.24, 2.45) is 5.92 Å². The maximum absolute atomic E-state index is 6.02. The molecule has 0 aliphatic carbocycles. The van der Waals surface area contributed by atoms with Gasteiger partial charge in [0.2, 0.25) is 0 Å². The second kappa shape index (κ2) is 9.31. The normalized spacial score (nSPS) is 14.4. The molecule has 0 amide bonds. The first-order valence-corrected chi connectivity index (χ1v) is 8.81. The van der Waals surface area contributed by atoms with E-state index in [1.54, 1.807) is 0 Å². The van der Waals surface area contributed by atoms with E-state index in [0.29, 0.717) is 5.82 Å². The zero-order valence-electron chi connectivity index (χ0n) is 15.6. The van der Waals surface area contributed by atoms with Crippen LogP contribution in [0.2, 0.25) is 0 Å². The largest absolute Gasteiger partial charge is 0.384 e. The molecule has 0 saturated carbocycles. The average molecular weight is 371 g/mol. The topological polar surface area (TPSA) is 159 Å². The third-order valence-corrected chi connectivity index (χ3v) is 4.84. The molecule has 0 spiro atoms. The molecule has 2 aromatic heterocycles. The van der Waals surface area contributed by atoms with Crippen LogP contribution < -0.4 is 23.4 Å². The van der Waals surface area contributed by atoms with Gasteiger partial charge in [-0.15, -0.1) is 0 Å². The van der Waals surface area contributed by atoms with Gasteiger partial charge in [0.15, 0.2) is 0 Å². The number of ether oxygens (including phenoxy) is 1. The Labute approximate surface area is 159 Å². The quantitative estimate of drug-likeness (QED) is 0.456. The fourth-order valence-corrected chi connectivity index (χ4v) is 3.42. The van der Waals surface area contributed by atoms with Gasteiger partial charge >= 0.3 is 0 Å². The predicted octanol–water partition coefficient (Wildman–Crippen LogP) is 3.76. The lowest BCUT2D eigenvalue weighted by Crippen LogP contribution is -2.18. The molecule has 1 fully saturated rings. The maximum atomic E-state index is 6.02. The van der Waals surface area contributed by atoms with Gasteiger partial charge in [0.1, 0.15) is 5.82 Å². The van der Waals surface area contributed by atoms with Crippen LogP contribution in [0.5, 0.6) is 0 Å². The number of rotatable bonds is 5. The smallest absolute Gasteiger partial charge is 0.126 e. The lowest BCUT2D eigenvalue weighted by Gasteiger charge is -2.22. The number of nitrogen functional groups attached to an aromatic ring is 1. The van der Waals surface area contributed by atoms with Gasteiger partial charge in [-0.3, -0.25) is 5.10 Å². The van der Waals surface area contributed by atoms with Gasteiger partial charge in [-0.1, -0.05) is 12.1 Å². The highest BCUT2D eigenvalue weighted by Gasteiger charge is 2.13. The molecule has 146 valence electrons. The molecule has 10 N–H and O–H groups in total. The molecule has 8 nitrogen and oxygen atoms in total. The third kappa shape index (κ3) is 4.73. The molecule has 27 heavy (non-hydrogen) atoms. The molecule has 0 bridgehead atoms. The number of hydrogen-bond donors (Lipinski definition) is 5. The van der Waals surface area contributed by atoms with Gasteiger partial charge in [-0.05, 0) is 37.3 Å². The highest BCUT2D eigenvalue weighted by Crippen LogP contribution is 2.29. The zero-order chi connectivity index (χ0) is 17.1. The summed E-state index contributed by atoms with van der Waals surface area (Å²) in [5, 5.41) is 11.7. The summed E-state index contributed by atoms with van der Waals surface area (Å²) < 4.78 is 5.43. The predicted molar refractivity (Wildman–Crippen MR) is 110 cm³/mol. The third-order valence-electron chi connectivity index (χ3n) is 4.84. The Morgan fingerprint density at radius 3 is 2.70 bits per heavy atom. The van der Waals surface area contributed by atoms with Crippen LogP contribution in [0.15, 0.2) is 36.5 Å². The number of benzene rings is 1. The number of anilines is 2. The van der Waals surface area contributed by atoms with Crippen molar-refractivity contribution < 1.29 is 4.74 Å². The minimum absolute atomic E-state index is 0. The lowest BCUT2D eigenvalue weighted by atomic mass is 9.96. The Hall–Kier alpha value is -2.68. The van der Waals surface area contributed by atoms with E-state index >= 15 is 0 Å². The van der Waals surface area contributed by atoms with Crippen LogP contribution in [-0.2, 0) is 4.74 Å². The molecule has 0 radical (unpaired) electrons. The van der Waals surface area contributed by atoms with E-state index < -0.39 is 0 Å². The number of nitrogens with one attached hydrogen (secondary N) is 2. The molecule has 4 rings (SSSR count). The summed E-state index contributed by atoms with van der Waals surface area (Å²) in [6.45, 7) is 2.72. The lowest BCUT2D eigenvalue weighted by molar-refractivity contribution is 0.0649. The second-order valence-electron chi connectivity index (χ2n) is 6.56. The number of aromatic amines is 1. The first-order valence-electron chi connectivity index (χ1n) is 8.81. The summed E-state index contributed by atoms with van der Waals surface area (Å²) in [6.07, 6.45) is 5.29. The minimum atomic E-state index is 0. The Morgan fingerprint density at radius 2 is 1.96 bits per heavy atom. The Balaban J connectivity index is 0.00000131. The van der Waals surface area contributed by atoms with Crippen molar-refractivity contribution in [2.45, 2.75) is 19.3 Å². The first kappa shape index (κ1) is 20.6. The number of fused-ring (bicyclic) bond motifs is 1. The van der Waals surface area contributed by atoms with Crippen LogP contribution in [0, 0.1) is 5.92 Å². The summed E-state index contributed by atoms with van der Waals surface area (Å²) in [4.78, 5) is 4.49. The molecular formula is C19H29N7O. The van der Waals surface area contributed by atoms with Gasteiger partial charge in [0, 0.05) is 48.7 Å². The van der Waals surface area contributed by atoms with Crippen LogP contribution in [0.3, 0.4) is 0 Å². The summed E-state index contributed by atoms with van der Waals surface area (Å²) in [5.74, 6) is 1.28. The number of nitrogens with two attached hydrogens (primary N) is 1. The van der Waals surface area contributed by atoms with Crippen LogP contribution >= 0.6 is 0 Å². The van der Waals surface area contributed by atoms with Crippen molar-refractivity contribution in [1.29, 1.82) is 0 Å². The van der Waals surface area contributed by atoms with Crippen LogP contribution in [0.1, 0.15) is 19.3 Å². The van der Waals surface area contributed by atoms with E-state index in [2.05, 4.69) is 32.6 Å². The van der Waals surface area contributed by atoms with Crippen LogP contribution in [-0.4, -0.2) is 34.9 Å². The monoisotopic (exact) mass is 371 g/mol. The fraction of sp³-hybridized carbons (Fsp3) is 0.368. The van der Waals surface area contributed by atoms with Crippen LogP contribution in [0.25, 0.3) is 22.2 Å². The number of H-pyrrole nitrogens is 1. The van der Waals surface area contributed by atoms with E-state index in [-0.39, 0.29) is 12.3 Å². The highest BCUT2D eigenvalue weighted by atomic mass is 16.5. The molecule has 1 aliphatic heterocycles. The summed E-state index contributed by atoms with van der Waals surface area (Å²) in [6, 6.07) is 10.1. The molecule has 1 saturated heterocycles. The molecule has 3 aromatic rings. The van der Waals surface area contributed by atoms with Crippen molar-refractivity contribution >= 4 is 22.4 Å². The molecule has 1 aliphatic rings. The van der Waals surface area contributed by atoms with Crippen molar-refractivity contribution in [3.05, 3.63) is 36.5 Å². The Bertz CT molecular complexity index is 845. The molecule has 0 unspecified atom stereocenters. The van der Waals surface area contributed by atoms with Crippen molar-refractivity contribution in [1.82, 2.24) is 27.5 Å². The highest BCUT2D eigenvalue weighted by molar-refractivity contribution is 5.95. The van der Waals surface area contributed by atoms with Crippen molar-refractivity contribution in [3.63, 3.8) is 0 Å². The molecule has 3 heterocycles. The van der Waals surface area contributed by atoms with E-state index in [4.69, 9.17) is 10.5 Å². The second-order valence-corrected chi connectivity index (χ2v) is 6.56. The van der Waals surface area contributed by atoms with Crippen LogP contribution in [0.4, 0.5) is 11.5 Å². The summed E-state index contributed by atoms with van der Waals surface area (Å²) >= 11 is 0. The molecule has 0 atom stereocenters. The van der Waals surface area contributed by atoms with E-state index in [0.717, 1.165) is 72.8 Å². The van der Waals surface area contributed by atoms with Gasteiger partial charge in [-0.25, -0.2) is 4.98 Å². The van der Waals surface area contributed by atoms with E-state index in [1.165, 1.54) is 0 Å². The van der Waals surface area contributed by atoms with Gasteiger partial charge in [-0.2, -0.15) is 5.10 Å². The Morgan fingerprint density at radius 1 is 1.15 bits per heavy atom. The summed E-state index contributed by atoms with van der Waals surface area (Å²) in [5.41, 5.74) is 9.88. The van der Waals surface area contributed by atoms with Gasteiger partial charge in [0.05, 0.1) is 11.2 Å². The number of hydrogen-bond acceptors (Lipinski definition) is 7. The zero-order valence-corrected chi connectivity index (χ0v) is 15.6. The van der Waals surface area contributed by atoms with Gasteiger partial charge in [0.25, 0.3) is 0 Å². The van der Waals surface area contributed by atoms with Crippen molar-refractivity contribution in [3.8, 4) is 11.3 Å². The Kier molecular flexibility index (Phi) is 7.12. The SMILES string of the molecule is N.N.Nc1cc(NCCC2CCOCC2)c2ccc(-c3cc[nH]n3)cc2n1. The fourth-order valence-electron chi connectivity index (χ4n) is 3.42.